The number of ether oxygens (including phenoxy) is 1. The normalized spacial score (nSPS) is 12.2. The van der Waals surface area contributed by atoms with Crippen molar-refractivity contribution >= 4 is 23.9 Å². The van der Waals surface area contributed by atoms with Crippen LogP contribution in [0.5, 0.6) is 0 Å². The Labute approximate surface area is 170 Å². The van der Waals surface area contributed by atoms with Crippen LogP contribution in [0.4, 0.5) is 4.79 Å². The molecule has 162 valence electrons. The smallest absolute Gasteiger partial charge is 0.408 e. The Hall–Kier alpha value is -3.10. The van der Waals surface area contributed by atoms with Crippen molar-refractivity contribution in [2.24, 2.45) is 5.92 Å². The first-order valence-corrected chi connectivity index (χ1v) is 8.91. The predicted molar refractivity (Wildman–Crippen MR) is 106 cm³/mol. The van der Waals surface area contributed by atoms with Crippen LogP contribution in [0.25, 0.3) is 0 Å². The average molecular weight is 410 g/mol. The largest absolute Gasteiger partial charge is 0.481 e. The number of nitrogens with one attached hydrogen (secondary N) is 2. The number of hydrogen-bond acceptors (Lipinski definition) is 5. The molecule has 0 bridgehead atoms. The summed E-state index contributed by atoms with van der Waals surface area (Å²) in [7, 11) is 0. The fourth-order valence-corrected chi connectivity index (χ4v) is 2.41. The summed E-state index contributed by atoms with van der Waals surface area (Å²) >= 11 is 0. The average Bonchev–Trinajstić information content (AvgIpc) is 2.63. The molecule has 9 nitrogen and oxygen atoms in total. The summed E-state index contributed by atoms with van der Waals surface area (Å²) in [5.41, 5.74) is 0.743. The van der Waals surface area contributed by atoms with E-state index >= 15 is 0 Å². The molecule has 0 aliphatic heterocycles. The van der Waals surface area contributed by atoms with Gasteiger partial charge in [-0.2, -0.15) is 0 Å². The number of carbonyl (C=O) groups excluding carboxylic acids is 2. The summed E-state index contributed by atoms with van der Waals surface area (Å²) in [6.45, 7) is 3.59. The Morgan fingerprint density at radius 1 is 1.00 bits per heavy atom. The van der Waals surface area contributed by atoms with Gasteiger partial charge in [0.25, 0.3) is 0 Å². The third kappa shape index (κ3) is 10.7. The monoisotopic (exact) mass is 410 g/mol. The molecule has 0 aliphatic rings. The lowest BCUT2D eigenvalue weighted by Crippen LogP contribution is -2.52. The second-order valence-corrected chi connectivity index (χ2v) is 6.72. The van der Waals surface area contributed by atoms with E-state index in [-0.39, 0.29) is 39.2 Å². The van der Waals surface area contributed by atoms with E-state index in [1.54, 1.807) is 24.3 Å². The number of carboxylic acid groups (broad SMARTS) is 2. The van der Waals surface area contributed by atoms with Crippen molar-refractivity contribution in [1.82, 2.24) is 10.6 Å². The molecular weight excluding hydrogens is 380 g/mol. The Balaban J connectivity index is 0.00000784. The zero-order valence-corrected chi connectivity index (χ0v) is 15.9. The second-order valence-electron chi connectivity index (χ2n) is 6.72. The molecule has 0 fully saturated rings. The zero-order valence-electron chi connectivity index (χ0n) is 15.9. The summed E-state index contributed by atoms with van der Waals surface area (Å²) < 4.78 is 5.04. The molecule has 0 spiro atoms. The molecular formula is C20H30N2O7. The quantitative estimate of drug-likeness (QED) is 0.439. The lowest BCUT2D eigenvalue weighted by Gasteiger charge is -2.22. The Bertz CT molecular complexity index is 677. The first-order valence-electron chi connectivity index (χ1n) is 8.91. The molecule has 0 saturated heterocycles. The van der Waals surface area contributed by atoms with Gasteiger partial charge in [-0.1, -0.05) is 51.6 Å². The summed E-state index contributed by atoms with van der Waals surface area (Å²) in [5.74, 6) is -3.10. The van der Waals surface area contributed by atoms with Crippen LogP contribution in [-0.2, 0) is 25.7 Å². The van der Waals surface area contributed by atoms with Gasteiger partial charge in [0.15, 0.2) is 0 Å². The SMILES string of the molecule is C.CC(C)CC(NC(=O)C(CCC(=O)O)NC(=O)OCc1ccccc1)C(=O)O. The van der Waals surface area contributed by atoms with Gasteiger partial charge in [-0.3, -0.25) is 9.59 Å². The molecule has 0 radical (unpaired) electrons. The highest BCUT2D eigenvalue weighted by molar-refractivity contribution is 5.89. The minimum Gasteiger partial charge on any atom is -0.481 e. The summed E-state index contributed by atoms with van der Waals surface area (Å²) in [6, 6.07) is 6.51. The Morgan fingerprint density at radius 3 is 2.14 bits per heavy atom. The van der Waals surface area contributed by atoms with E-state index in [2.05, 4.69) is 10.6 Å². The van der Waals surface area contributed by atoms with Crippen molar-refractivity contribution in [2.45, 2.75) is 59.2 Å². The van der Waals surface area contributed by atoms with E-state index < -0.39 is 36.0 Å². The summed E-state index contributed by atoms with van der Waals surface area (Å²) in [4.78, 5) is 46.6. The van der Waals surface area contributed by atoms with Crippen LogP contribution in [0.3, 0.4) is 0 Å². The van der Waals surface area contributed by atoms with Gasteiger partial charge in [0.1, 0.15) is 18.7 Å². The van der Waals surface area contributed by atoms with Crippen LogP contribution in [0, 0.1) is 5.92 Å². The molecule has 2 amide bonds. The number of carboxylic acids is 2. The van der Waals surface area contributed by atoms with Gasteiger partial charge in [0.05, 0.1) is 0 Å². The van der Waals surface area contributed by atoms with E-state index in [9.17, 15) is 24.3 Å². The highest BCUT2D eigenvalue weighted by Crippen LogP contribution is 2.07. The molecule has 2 atom stereocenters. The van der Waals surface area contributed by atoms with Crippen molar-refractivity contribution in [2.75, 3.05) is 0 Å². The number of carbonyl (C=O) groups is 4. The van der Waals surface area contributed by atoms with Crippen LogP contribution < -0.4 is 10.6 Å². The fraction of sp³-hybridized carbons (Fsp3) is 0.500. The maximum atomic E-state index is 12.4. The van der Waals surface area contributed by atoms with Gasteiger partial charge in [-0.15, -0.1) is 0 Å². The van der Waals surface area contributed by atoms with Crippen LogP contribution >= 0.6 is 0 Å². The highest BCUT2D eigenvalue weighted by atomic mass is 16.5. The molecule has 0 saturated carbocycles. The fourth-order valence-electron chi connectivity index (χ4n) is 2.41. The molecule has 1 aromatic carbocycles. The van der Waals surface area contributed by atoms with Gasteiger partial charge in [0, 0.05) is 6.42 Å². The van der Waals surface area contributed by atoms with E-state index in [4.69, 9.17) is 9.84 Å². The highest BCUT2D eigenvalue weighted by Gasteiger charge is 2.27. The number of alkyl carbamates (subject to hydrolysis) is 1. The number of amides is 2. The minimum absolute atomic E-state index is 0. The molecule has 9 heteroatoms. The number of benzene rings is 1. The summed E-state index contributed by atoms with van der Waals surface area (Å²) in [5, 5.41) is 22.8. The lowest BCUT2D eigenvalue weighted by molar-refractivity contribution is -0.143. The first-order chi connectivity index (χ1) is 13.2. The molecule has 4 N–H and O–H groups in total. The van der Waals surface area contributed by atoms with Crippen molar-refractivity contribution in [1.29, 1.82) is 0 Å². The molecule has 2 unspecified atom stereocenters. The van der Waals surface area contributed by atoms with Crippen LogP contribution in [0.15, 0.2) is 30.3 Å². The molecule has 0 aliphatic carbocycles. The van der Waals surface area contributed by atoms with Crippen molar-refractivity contribution in [3.05, 3.63) is 35.9 Å². The second kappa shape index (κ2) is 13.1. The van der Waals surface area contributed by atoms with E-state index in [0.29, 0.717) is 0 Å². The Kier molecular flexibility index (Phi) is 11.7. The zero-order chi connectivity index (χ0) is 21.1. The number of rotatable bonds is 11. The third-order valence-corrected chi connectivity index (χ3v) is 3.79. The topological polar surface area (TPSA) is 142 Å². The first kappa shape index (κ1) is 25.9. The van der Waals surface area contributed by atoms with Gasteiger partial charge in [-0.25, -0.2) is 9.59 Å². The van der Waals surface area contributed by atoms with Crippen LogP contribution in [0.2, 0.25) is 0 Å². The third-order valence-electron chi connectivity index (χ3n) is 3.79. The molecule has 29 heavy (non-hydrogen) atoms. The van der Waals surface area contributed by atoms with E-state index in [1.165, 1.54) is 0 Å². The maximum Gasteiger partial charge on any atom is 0.408 e. The van der Waals surface area contributed by atoms with Crippen molar-refractivity contribution in [3.63, 3.8) is 0 Å². The van der Waals surface area contributed by atoms with E-state index in [0.717, 1.165) is 5.56 Å². The predicted octanol–water partition coefficient (Wildman–Crippen LogP) is 2.40. The van der Waals surface area contributed by atoms with Crippen LogP contribution in [-0.4, -0.2) is 46.2 Å². The number of hydrogen-bond donors (Lipinski definition) is 4. The van der Waals surface area contributed by atoms with Gasteiger partial charge >= 0.3 is 18.0 Å². The molecule has 0 aromatic heterocycles. The molecule has 1 aromatic rings. The standard InChI is InChI=1S/C19H26N2O7.CH4/c1-12(2)10-15(18(25)26)20-17(24)14(8-9-16(22)23)21-19(27)28-11-13-6-4-3-5-7-13;/h3-7,12,14-15H,8-11H2,1-2H3,(H,20,24)(H,21,27)(H,22,23)(H,25,26);1H4. The van der Waals surface area contributed by atoms with Gasteiger partial charge in [0.2, 0.25) is 5.91 Å². The summed E-state index contributed by atoms with van der Waals surface area (Å²) in [6.07, 6.45) is -1.27. The molecule has 1 rings (SSSR count). The van der Waals surface area contributed by atoms with Gasteiger partial charge in [-0.05, 0) is 24.3 Å². The van der Waals surface area contributed by atoms with Crippen molar-refractivity contribution < 1.29 is 34.1 Å². The van der Waals surface area contributed by atoms with Crippen LogP contribution in [0.1, 0.15) is 46.1 Å². The Morgan fingerprint density at radius 2 is 1.62 bits per heavy atom. The van der Waals surface area contributed by atoms with Crippen molar-refractivity contribution in [3.8, 4) is 0 Å². The number of aliphatic carboxylic acids is 2. The maximum absolute atomic E-state index is 12.4. The minimum atomic E-state index is -1.23. The lowest BCUT2D eigenvalue weighted by atomic mass is 10.0. The van der Waals surface area contributed by atoms with E-state index in [1.807, 2.05) is 19.9 Å². The molecule has 0 heterocycles. The van der Waals surface area contributed by atoms with Gasteiger partial charge < -0.3 is 25.6 Å².